The molecule has 1 aromatic carbocycles. The standard InChI is InChI=1S/C19H22N4O2/c1-2-20-19(21-11-10-17-9-6-12-24-17)22-13-16-14-25-18(23-16)15-7-4-3-5-8-15/h3-9,12,14H,2,10-11,13H2,1H3,(H2,20,21,22). The Morgan fingerprint density at radius 2 is 1.96 bits per heavy atom. The topological polar surface area (TPSA) is 75.6 Å². The van der Waals surface area contributed by atoms with E-state index in [1.807, 2.05) is 49.4 Å². The fourth-order valence-corrected chi connectivity index (χ4v) is 2.35. The fourth-order valence-electron chi connectivity index (χ4n) is 2.35. The molecule has 0 aliphatic heterocycles. The summed E-state index contributed by atoms with van der Waals surface area (Å²) in [6, 6.07) is 13.7. The summed E-state index contributed by atoms with van der Waals surface area (Å²) in [6.45, 7) is 4.02. The van der Waals surface area contributed by atoms with E-state index in [0.717, 1.165) is 42.5 Å². The summed E-state index contributed by atoms with van der Waals surface area (Å²) in [5.74, 6) is 2.31. The molecular formula is C19H22N4O2. The van der Waals surface area contributed by atoms with Gasteiger partial charge in [0.25, 0.3) is 0 Å². The van der Waals surface area contributed by atoms with E-state index >= 15 is 0 Å². The lowest BCUT2D eigenvalue weighted by molar-refractivity contribution is 0.507. The summed E-state index contributed by atoms with van der Waals surface area (Å²) in [7, 11) is 0. The molecule has 0 aliphatic rings. The molecule has 0 atom stereocenters. The number of hydrogen-bond acceptors (Lipinski definition) is 4. The Morgan fingerprint density at radius 3 is 2.72 bits per heavy atom. The van der Waals surface area contributed by atoms with Crippen molar-refractivity contribution in [1.82, 2.24) is 15.6 Å². The molecule has 2 N–H and O–H groups in total. The number of oxazole rings is 1. The minimum Gasteiger partial charge on any atom is -0.469 e. The first kappa shape index (κ1) is 16.8. The number of hydrogen-bond donors (Lipinski definition) is 2. The summed E-state index contributed by atoms with van der Waals surface area (Å²) >= 11 is 0. The van der Waals surface area contributed by atoms with Gasteiger partial charge in [-0.15, -0.1) is 0 Å². The van der Waals surface area contributed by atoms with Crippen molar-refractivity contribution in [3.63, 3.8) is 0 Å². The van der Waals surface area contributed by atoms with Crippen LogP contribution in [0, 0.1) is 0 Å². The normalized spacial score (nSPS) is 11.5. The van der Waals surface area contributed by atoms with Gasteiger partial charge in [-0.25, -0.2) is 9.98 Å². The number of furan rings is 1. The molecule has 25 heavy (non-hydrogen) atoms. The van der Waals surface area contributed by atoms with Gasteiger partial charge < -0.3 is 19.5 Å². The van der Waals surface area contributed by atoms with Crippen LogP contribution in [0.3, 0.4) is 0 Å². The van der Waals surface area contributed by atoms with Gasteiger partial charge in [-0.3, -0.25) is 0 Å². The largest absolute Gasteiger partial charge is 0.469 e. The predicted octanol–water partition coefficient (Wildman–Crippen LogP) is 3.23. The molecule has 3 aromatic rings. The van der Waals surface area contributed by atoms with Crippen LogP contribution in [0.5, 0.6) is 0 Å². The van der Waals surface area contributed by atoms with Gasteiger partial charge >= 0.3 is 0 Å². The van der Waals surface area contributed by atoms with E-state index in [1.165, 1.54) is 0 Å². The van der Waals surface area contributed by atoms with Gasteiger partial charge in [0.1, 0.15) is 17.7 Å². The van der Waals surface area contributed by atoms with Crippen LogP contribution in [0.4, 0.5) is 0 Å². The van der Waals surface area contributed by atoms with E-state index in [0.29, 0.717) is 12.4 Å². The molecular weight excluding hydrogens is 316 g/mol. The molecule has 0 radical (unpaired) electrons. The monoisotopic (exact) mass is 338 g/mol. The van der Waals surface area contributed by atoms with Gasteiger partial charge in [-0.05, 0) is 31.2 Å². The van der Waals surface area contributed by atoms with E-state index in [-0.39, 0.29) is 0 Å². The number of benzene rings is 1. The lowest BCUT2D eigenvalue weighted by Gasteiger charge is -2.10. The van der Waals surface area contributed by atoms with Gasteiger partial charge in [0.2, 0.25) is 5.89 Å². The van der Waals surface area contributed by atoms with E-state index in [9.17, 15) is 0 Å². The predicted molar refractivity (Wildman–Crippen MR) is 97.2 cm³/mol. The minimum absolute atomic E-state index is 0.451. The zero-order valence-corrected chi connectivity index (χ0v) is 14.2. The van der Waals surface area contributed by atoms with Crippen molar-refractivity contribution in [2.24, 2.45) is 4.99 Å². The Hall–Kier alpha value is -3.02. The van der Waals surface area contributed by atoms with Crippen LogP contribution in [0.1, 0.15) is 18.4 Å². The molecule has 0 saturated carbocycles. The first-order valence-corrected chi connectivity index (χ1v) is 8.39. The van der Waals surface area contributed by atoms with Crippen LogP contribution < -0.4 is 10.6 Å². The molecule has 0 amide bonds. The van der Waals surface area contributed by atoms with Gasteiger partial charge in [0.15, 0.2) is 5.96 Å². The molecule has 0 spiro atoms. The van der Waals surface area contributed by atoms with Crippen LogP contribution in [0.2, 0.25) is 0 Å². The Labute approximate surface area is 147 Å². The molecule has 130 valence electrons. The van der Waals surface area contributed by atoms with E-state index in [4.69, 9.17) is 8.83 Å². The maximum atomic E-state index is 5.54. The first-order chi connectivity index (χ1) is 12.3. The van der Waals surface area contributed by atoms with E-state index < -0.39 is 0 Å². The zero-order valence-electron chi connectivity index (χ0n) is 14.2. The Bertz CT molecular complexity index is 779. The van der Waals surface area contributed by atoms with E-state index in [1.54, 1.807) is 12.5 Å². The molecule has 6 heteroatoms. The van der Waals surface area contributed by atoms with Gasteiger partial charge in [0.05, 0.1) is 12.8 Å². The number of rotatable bonds is 7. The van der Waals surface area contributed by atoms with Crippen LogP contribution in [-0.4, -0.2) is 24.0 Å². The Morgan fingerprint density at radius 1 is 1.08 bits per heavy atom. The summed E-state index contributed by atoms with van der Waals surface area (Å²) in [5.41, 5.74) is 1.75. The highest BCUT2D eigenvalue weighted by Gasteiger charge is 2.06. The summed E-state index contributed by atoms with van der Waals surface area (Å²) in [6.07, 6.45) is 4.14. The number of guanidine groups is 1. The molecule has 3 rings (SSSR count). The third-order valence-electron chi connectivity index (χ3n) is 3.56. The maximum Gasteiger partial charge on any atom is 0.226 e. The second-order valence-corrected chi connectivity index (χ2v) is 5.46. The highest BCUT2D eigenvalue weighted by Crippen LogP contribution is 2.18. The van der Waals surface area contributed by atoms with Crippen LogP contribution >= 0.6 is 0 Å². The third kappa shape index (κ3) is 4.97. The number of aliphatic imine (C=N–C) groups is 1. The lowest BCUT2D eigenvalue weighted by Crippen LogP contribution is -2.38. The SMILES string of the molecule is CCNC(=NCc1coc(-c2ccccc2)n1)NCCc1ccco1. The molecule has 2 heterocycles. The molecule has 0 saturated heterocycles. The second-order valence-electron chi connectivity index (χ2n) is 5.46. The number of aromatic nitrogens is 1. The van der Waals surface area contributed by atoms with Crippen LogP contribution in [0.25, 0.3) is 11.5 Å². The summed E-state index contributed by atoms with van der Waals surface area (Å²) in [5, 5.41) is 6.51. The highest BCUT2D eigenvalue weighted by atomic mass is 16.3. The second kappa shape index (κ2) is 8.73. The third-order valence-corrected chi connectivity index (χ3v) is 3.56. The molecule has 0 fully saturated rings. The van der Waals surface area contributed by atoms with Crippen molar-refractivity contribution in [3.05, 3.63) is 66.4 Å². The molecule has 0 unspecified atom stereocenters. The highest BCUT2D eigenvalue weighted by molar-refractivity contribution is 5.79. The molecule has 2 aromatic heterocycles. The van der Waals surface area contributed by atoms with Gasteiger partial charge in [-0.1, -0.05) is 18.2 Å². The van der Waals surface area contributed by atoms with Crippen LogP contribution in [-0.2, 0) is 13.0 Å². The Balaban J connectivity index is 1.56. The average molecular weight is 338 g/mol. The molecule has 0 bridgehead atoms. The Kier molecular flexibility index (Phi) is 5.87. The van der Waals surface area contributed by atoms with Crippen molar-refractivity contribution < 1.29 is 8.83 Å². The fraction of sp³-hybridized carbons (Fsp3) is 0.263. The molecule has 6 nitrogen and oxygen atoms in total. The van der Waals surface area contributed by atoms with Crippen molar-refractivity contribution >= 4 is 5.96 Å². The van der Waals surface area contributed by atoms with Crippen molar-refractivity contribution in [1.29, 1.82) is 0 Å². The summed E-state index contributed by atoms with van der Waals surface area (Å²) < 4.78 is 10.9. The smallest absolute Gasteiger partial charge is 0.226 e. The molecule has 0 aliphatic carbocycles. The van der Waals surface area contributed by atoms with E-state index in [2.05, 4.69) is 20.6 Å². The number of nitrogens with one attached hydrogen (secondary N) is 2. The van der Waals surface area contributed by atoms with Crippen molar-refractivity contribution in [3.8, 4) is 11.5 Å². The lowest BCUT2D eigenvalue weighted by atomic mass is 10.2. The zero-order chi connectivity index (χ0) is 17.3. The van der Waals surface area contributed by atoms with Crippen molar-refractivity contribution in [2.75, 3.05) is 13.1 Å². The first-order valence-electron chi connectivity index (χ1n) is 8.39. The average Bonchev–Trinajstić information content (AvgIpc) is 3.32. The maximum absolute atomic E-state index is 5.54. The number of nitrogens with zero attached hydrogens (tertiary/aromatic N) is 2. The summed E-state index contributed by atoms with van der Waals surface area (Å²) in [4.78, 5) is 9.04. The minimum atomic E-state index is 0.451. The quantitative estimate of drug-likeness (QED) is 0.511. The van der Waals surface area contributed by atoms with Gasteiger partial charge in [0, 0.05) is 25.1 Å². The van der Waals surface area contributed by atoms with Crippen molar-refractivity contribution in [2.45, 2.75) is 19.9 Å². The van der Waals surface area contributed by atoms with Crippen LogP contribution in [0.15, 0.2) is 68.8 Å². The van der Waals surface area contributed by atoms with Gasteiger partial charge in [-0.2, -0.15) is 0 Å².